The van der Waals surface area contributed by atoms with Crippen molar-refractivity contribution in [2.45, 2.75) is 6.73 Å². The second kappa shape index (κ2) is 7.37. The first kappa shape index (κ1) is 15.7. The first-order chi connectivity index (χ1) is 10.2. The van der Waals surface area contributed by atoms with Crippen molar-refractivity contribution in [3.63, 3.8) is 0 Å². The van der Waals surface area contributed by atoms with Crippen LogP contribution in [-0.2, 0) is 16.2 Å². The zero-order valence-corrected chi connectivity index (χ0v) is 13.5. The van der Waals surface area contributed by atoms with Crippen LogP contribution in [0.5, 0.6) is 0 Å². The van der Waals surface area contributed by atoms with Crippen molar-refractivity contribution in [3.8, 4) is 0 Å². The average molecular weight is 358 g/mol. The molecule has 0 unspecified atom stereocenters. The van der Waals surface area contributed by atoms with Crippen molar-refractivity contribution in [1.82, 2.24) is 14.5 Å². The molecule has 0 saturated heterocycles. The summed E-state index contributed by atoms with van der Waals surface area (Å²) in [6.45, 7) is 1.33. The molecule has 2 heterocycles. The Bertz CT molecular complexity index is 631. The number of aromatic nitrogens is 3. The standard InChI is InChI=1S/C12H17N5O3Se/c1-14-10-9-8(21-12(13)18)5-17(7-20-4-3-19-2)11(9)16-6-15-10/h5-6H,3-4,7H2,1-2H3,(H2,13,18)(H,14,15,16). The Kier molecular flexibility index (Phi) is 5.51. The van der Waals surface area contributed by atoms with E-state index in [1.54, 1.807) is 14.2 Å². The van der Waals surface area contributed by atoms with E-state index in [1.165, 1.54) is 6.33 Å². The van der Waals surface area contributed by atoms with Gasteiger partial charge < -0.3 is 0 Å². The molecule has 0 saturated carbocycles. The second-order valence-corrected chi connectivity index (χ2v) is 6.28. The Labute approximate surface area is 128 Å². The molecule has 0 aliphatic rings. The van der Waals surface area contributed by atoms with Gasteiger partial charge in [-0.1, -0.05) is 0 Å². The van der Waals surface area contributed by atoms with Crippen molar-refractivity contribution in [1.29, 1.82) is 0 Å². The number of primary amides is 1. The number of methoxy groups -OCH3 is 1. The van der Waals surface area contributed by atoms with Gasteiger partial charge in [0.1, 0.15) is 0 Å². The Hall–Kier alpha value is -1.67. The zero-order valence-electron chi connectivity index (χ0n) is 11.8. The fourth-order valence-corrected chi connectivity index (χ4v) is 3.31. The Morgan fingerprint density at radius 2 is 2.29 bits per heavy atom. The van der Waals surface area contributed by atoms with E-state index in [2.05, 4.69) is 15.3 Å². The van der Waals surface area contributed by atoms with Crippen LogP contribution in [0, 0.1) is 0 Å². The summed E-state index contributed by atoms with van der Waals surface area (Å²) in [4.78, 5) is 19.4. The minimum absolute atomic E-state index is 0.328. The van der Waals surface area contributed by atoms with E-state index in [4.69, 9.17) is 15.2 Å². The summed E-state index contributed by atoms with van der Waals surface area (Å²) in [6, 6.07) is 0. The molecule has 2 rings (SSSR count). The van der Waals surface area contributed by atoms with Gasteiger partial charge in [-0.25, -0.2) is 0 Å². The summed E-state index contributed by atoms with van der Waals surface area (Å²) in [6.07, 6.45) is 3.32. The number of rotatable bonds is 8. The van der Waals surface area contributed by atoms with Gasteiger partial charge in [-0.15, -0.1) is 0 Å². The number of carbonyl (C=O) groups excluding carboxylic acids is 1. The van der Waals surface area contributed by atoms with Gasteiger partial charge in [0, 0.05) is 0 Å². The van der Waals surface area contributed by atoms with E-state index in [0.29, 0.717) is 31.4 Å². The molecule has 0 aliphatic carbocycles. The van der Waals surface area contributed by atoms with Crippen LogP contribution >= 0.6 is 0 Å². The third-order valence-corrected chi connectivity index (χ3v) is 4.26. The number of ether oxygens (including phenoxy) is 2. The van der Waals surface area contributed by atoms with Crippen LogP contribution in [0.25, 0.3) is 11.0 Å². The van der Waals surface area contributed by atoms with Crippen molar-refractivity contribution < 1.29 is 14.3 Å². The number of fused-ring (bicyclic) bond motifs is 1. The Morgan fingerprint density at radius 1 is 1.48 bits per heavy atom. The monoisotopic (exact) mass is 359 g/mol. The molecule has 0 bridgehead atoms. The van der Waals surface area contributed by atoms with Crippen molar-refractivity contribution >= 4 is 41.1 Å². The third kappa shape index (κ3) is 3.70. The number of amides is 1. The van der Waals surface area contributed by atoms with Crippen LogP contribution in [-0.4, -0.2) is 61.7 Å². The number of nitrogens with one attached hydrogen (secondary N) is 1. The molecule has 0 aliphatic heterocycles. The molecule has 2 aromatic rings. The molecular formula is C12H17N5O3Se. The molecule has 0 atom stereocenters. The maximum absolute atomic E-state index is 11.3. The van der Waals surface area contributed by atoms with Crippen LogP contribution < -0.4 is 15.5 Å². The van der Waals surface area contributed by atoms with Gasteiger partial charge in [-0.3, -0.25) is 0 Å². The SMILES string of the molecule is CNc1ncnc2c1c([Se]C(N)=O)cn2COCCOC. The van der Waals surface area contributed by atoms with Crippen LogP contribution in [0.4, 0.5) is 10.6 Å². The molecule has 0 fully saturated rings. The molecule has 0 radical (unpaired) electrons. The maximum atomic E-state index is 11.3. The summed E-state index contributed by atoms with van der Waals surface area (Å²) in [7, 11) is 3.39. The quantitative estimate of drug-likeness (QED) is 0.487. The second-order valence-electron chi connectivity index (χ2n) is 4.09. The fraction of sp³-hybridized carbons (Fsp3) is 0.417. The third-order valence-electron chi connectivity index (χ3n) is 2.73. The van der Waals surface area contributed by atoms with Crippen molar-refractivity contribution in [2.75, 3.05) is 32.7 Å². The molecule has 9 heteroatoms. The van der Waals surface area contributed by atoms with Gasteiger partial charge in [0.05, 0.1) is 0 Å². The molecule has 21 heavy (non-hydrogen) atoms. The van der Waals surface area contributed by atoms with Crippen LogP contribution in [0.3, 0.4) is 0 Å². The van der Waals surface area contributed by atoms with Crippen molar-refractivity contribution in [3.05, 3.63) is 12.5 Å². The first-order valence-corrected chi connectivity index (χ1v) is 7.94. The van der Waals surface area contributed by atoms with E-state index >= 15 is 0 Å². The van der Waals surface area contributed by atoms with E-state index in [1.807, 2.05) is 10.8 Å². The summed E-state index contributed by atoms with van der Waals surface area (Å²) in [5.74, 6) is 0.675. The summed E-state index contributed by atoms with van der Waals surface area (Å²) in [5.41, 5.74) is 6.04. The van der Waals surface area contributed by atoms with Crippen molar-refractivity contribution in [2.24, 2.45) is 5.73 Å². The van der Waals surface area contributed by atoms with Gasteiger partial charge in [-0.2, -0.15) is 0 Å². The van der Waals surface area contributed by atoms with E-state index in [-0.39, 0.29) is 4.81 Å². The van der Waals surface area contributed by atoms with Crippen LogP contribution in [0.15, 0.2) is 12.5 Å². The average Bonchev–Trinajstić information content (AvgIpc) is 2.81. The zero-order chi connectivity index (χ0) is 15.2. The Morgan fingerprint density at radius 3 is 2.95 bits per heavy atom. The summed E-state index contributed by atoms with van der Waals surface area (Å²) in [5, 5.41) is 3.82. The predicted octanol–water partition coefficient (Wildman–Crippen LogP) is -0.498. The molecule has 8 nitrogen and oxygen atoms in total. The number of nitrogens with zero attached hydrogens (tertiary/aromatic N) is 3. The predicted molar refractivity (Wildman–Crippen MR) is 79.9 cm³/mol. The van der Waals surface area contributed by atoms with Crippen LogP contribution in [0.1, 0.15) is 0 Å². The van der Waals surface area contributed by atoms with Gasteiger partial charge >= 0.3 is 128 Å². The molecule has 3 N–H and O–H groups in total. The molecule has 114 valence electrons. The van der Waals surface area contributed by atoms with Gasteiger partial charge in [-0.05, 0) is 0 Å². The Balaban J connectivity index is 2.34. The number of nitrogens with two attached hydrogens (primary N) is 1. The van der Waals surface area contributed by atoms with Gasteiger partial charge in [0.2, 0.25) is 0 Å². The molecule has 0 aromatic carbocycles. The summed E-state index contributed by atoms with van der Waals surface area (Å²) < 4.78 is 13.1. The minimum atomic E-state index is -0.480. The molecule has 1 amide bonds. The number of carbonyl (C=O) groups is 1. The number of hydrogen-bond donors (Lipinski definition) is 2. The summed E-state index contributed by atoms with van der Waals surface area (Å²) >= 11 is -0.480. The fourth-order valence-electron chi connectivity index (χ4n) is 1.87. The number of hydrogen-bond acceptors (Lipinski definition) is 6. The molecular weight excluding hydrogens is 341 g/mol. The normalized spacial score (nSPS) is 11.0. The molecule has 2 aromatic heterocycles. The van der Waals surface area contributed by atoms with Gasteiger partial charge in [0.15, 0.2) is 0 Å². The van der Waals surface area contributed by atoms with Crippen LogP contribution in [0.2, 0.25) is 0 Å². The topological polar surface area (TPSA) is 104 Å². The number of anilines is 1. The van der Waals surface area contributed by atoms with E-state index in [0.717, 1.165) is 9.85 Å². The van der Waals surface area contributed by atoms with E-state index < -0.39 is 15.0 Å². The first-order valence-electron chi connectivity index (χ1n) is 6.23. The van der Waals surface area contributed by atoms with Gasteiger partial charge in [0.25, 0.3) is 0 Å². The van der Waals surface area contributed by atoms with E-state index in [9.17, 15) is 4.79 Å². The molecule has 0 spiro atoms.